The summed E-state index contributed by atoms with van der Waals surface area (Å²) in [5.74, 6) is 1.97. The molecule has 3 rings (SSSR count). The predicted molar refractivity (Wildman–Crippen MR) is 61.2 cm³/mol. The molecular weight excluding hydrogens is 202 g/mol. The van der Waals surface area contributed by atoms with Crippen LogP contribution >= 0.6 is 0 Å². The molecule has 2 aliphatic rings. The van der Waals surface area contributed by atoms with Crippen molar-refractivity contribution < 1.29 is 5.11 Å². The van der Waals surface area contributed by atoms with Gasteiger partial charge < -0.3 is 15.0 Å². The van der Waals surface area contributed by atoms with Gasteiger partial charge in [-0.05, 0) is 31.8 Å². The van der Waals surface area contributed by atoms with Crippen molar-refractivity contribution in [3.8, 4) is 0 Å². The van der Waals surface area contributed by atoms with Crippen molar-refractivity contribution in [1.82, 2.24) is 14.9 Å². The summed E-state index contributed by atoms with van der Waals surface area (Å²) in [7, 11) is 0. The lowest BCUT2D eigenvalue weighted by atomic mass is 10.0. The smallest absolute Gasteiger partial charge is 0.109 e. The average molecular weight is 221 g/mol. The van der Waals surface area contributed by atoms with Crippen molar-refractivity contribution in [2.45, 2.75) is 38.3 Å². The van der Waals surface area contributed by atoms with Crippen LogP contribution in [0.15, 0.2) is 6.20 Å². The molecule has 0 radical (unpaired) electrons. The van der Waals surface area contributed by atoms with Crippen molar-refractivity contribution in [1.29, 1.82) is 0 Å². The highest BCUT2D eigenvalue weighted by molar-refractivity contribution is 5.10. The molecule has 1 fully saturated rings. The Morgan fingerprint density at radius 2 is 2.44 bits per heavy atom. The minimum atomic E-state index is -0.162. The SMILES string of the molecule is OC1CCn2c(cnc2CC2CCNC2)C1. The summed E-state index contributed by atoms with van der Waals surface area (Å²) in [5, 5.41) is 13.0. The maximum atomic E-state index is 9.60. The molecule has 2 unspecified atom stereocenters. The standard InChI is InChI=1S/C12H19N3O/c16-11-2-4-15-10(6-11)8-14-12(15)5-9-1-3-13-7-9/h8-9,11,13,16H,1-7H2. The Kier molecular flexibility index (Phi) is 2.69. The van der Waals surface area contributed by atoms with Gasteiger partial charge in [0, 0.05) is 31.3 Å². The number of fused-ring (bicyclic) bond motifs is 1. The zero-order valence-electron chi connectivity index (χ0n) is 9.52. The van der Waals surface area contributed by atoms with Crippen molar-refractivity contribution in [3.05, 3.63) is 17.7 Å². The van der Waals surface area contributed by atoms with E-state index in [1.807, 2.05) is 6.20 Å². The molecule has 4 heteroatoms. The second-order valence-corrected chi connectivity index (χ2v) is 5.03. The van der Waals surface area contributed by atoms with E-state index in [4.69, 9.17) is 0 Å². The number of nitrogens with zero attached hydrogens (tertiary/aromatic N) is 2. The van der Waals surface area contributed by atoms with Gasteiger partial charge in [-0.3, -0.25) is 0 Å². The Balaban J connectivity index is 1.75. The molecule has 0 aliphatic carbocycles. The zero-order chi connectivity index (χ0) is 11.0. The summed E-state index contributed by atoms with van der Waals surface area (Å²) in [6.07, 6.45) is 5.79. The van der Waals surface area contributed by atoms with E-state index in [1.165, 1.54) is 17.9 Å². The van der Waals surface area contributed by atoms with Gasteiger partial charge in [0.05, 0.1) is 6.10 Å². The van der Waals surface area contributed by atoms with Gasteiger partial charge in [0.2, 0.25) is 0 Å². The van der Waals surface area contributed by atoms with Crippen LogP contribution in [0.3, 0.4) is 0 Å². The van der Waals surface area contributed by atoms with Gasteiger partial charge in [-0.25, -0.2) is 4.98 Å². The Labute approximate surface area is 95.7 Å². The number of hydrogen-bond donors (Lipinski definition) is 2. The summed E-state index contributed by atoms with van der Waals surface area (Å²) < 4.78 is 2.31. The van der Waals surface area contributed by atoms with Crippen molar-refractivity contribution in [2.75, 3.05) is 13.1 Å². The van der Waals surface area contributed by atoms with Crippen LogP contribution in [0, 0.1) is 5.92 Å². The van der Waals surface area contributed by atoms with Gasteiger partial charge in [0.1, 0.15) is 5.82 Å². The first-order chi connectivity index (χ1) is 7.83. The molecule has 88 valence electrons. The highest BCUT2D eigenvalue weighted by Crippen LogP contribution is 2.20. The van der Waals surface area contributed by atoms with E-state index in [1.54, 1.807) is 0 Å². The van der Waals surface area contributed by atoms with Gasteiger partial charge in [-0.2, -0.15) is 0 Å². The molecule has 16 heavy (non-hydrogen) atoms. The van der Waals surface area contributed by atoms with E-state index < -0.39 is 0 Å². The summed E-state index contributed by atoms with van der Waals surface area (Å²) >= 11 is 0. The fourth-order valence-corrected chi connectivity index (χ4v) is 2.82. The molecule has 1 saturated heterocycles. The molecule has 0 saturated carbocycles. The second-order valence-electron chi connectivity index (χ2n) is 5.03. The van der Waals surface area contributed by atoms with E-state index in [0.717, 1.165) is 44.8 Å². The monoisotopic (exact) mass is 221 g/mol. The van der Waals surface area contributed by atoms with Gasteiger partial charge in [0.25, 0.3) is 0 Å². The molecule has 0 aromatic carbocycles. The van der Waals surface area contributed by atoms with Gasteiger partial charge >= 0.3 is 0 Å². The number of aliphatic hydroxyl groups is 1. The average Bonchev–Trinajstić information content (AvgIpc) is 2.89. The summed E-state index contributed by atoms with van der Waals surface area (Å²) in [5.41, 5.74) is 1.21. The summed E-state index contributed by atoms with van der Waals surface area (Å²) in [6.45, 7) is 3.22. The van der Waals surface area contributed by atoms with Crippen LogP contribution in [0.25, 0.3) is 0 Å². The molecule has 1 aromatic heterocycles. The largest absolute Gasteiger partial charge is 0.393 e. The molecule has 1 aromatic rings. The molecule has 2 aliphatic heterocycles. The molecular formula is C12H19N3O. The Bertz CT molecular complexity index is 368. The minimum Gasteiger partial charge on any atom is -0.393 e. The maximum absolute atomic E-state index is 9.60. The first-order valence-corrected chi connectivity index (χ1v) is 6.25. The first-order valence-electron chi connectivity index (χ1n) is 6.25. The van der Waals surface area contributed by atoms with Gasteiger partial charge in [-0.1, -0.05) is 0 Å². The lowest BCUT2D eigenvalue weighted by molar-refractivity contribution is 0.142. The highest BCUT2D eigenvalue weighted by atomic mass is 16.3. The highest BCUT2D eigenvalue weighted by Gasteiger charge is 2.22. The van der Waals surface area contributed by atoms with E-state index >= 15 is 0 Å². The van der Waals surface area contributed by atoms with Crippen LogP contribution in [-0.2, 0) is 19.4 Å². The molecule has 0 bridgehead atoms. The third kappa shape index (κ3) is 1.87. The number of hydrogen-bond acceptors (Lipinski definition) is 3. The van der Waals surface area contributed by atoms with Crippen LogP contribution in [0.2, 0.25) is 0 Å². The van der Waals surface area contributed by atoms with E-state index in [2.05, 4.69) is 14.9 Å². The lowest BCUT2D eigenvalue weighted by Crippen LogP contribution is -2.24. The van der Waals surface area contributed by atoms with Crippen LogP contribution in [0.4, 0.5) is 0 Å². The molecule has 4 nitrogen and oxygen atoms in total. The zero-order valence-corrected chi connectivity index (χ0v) is 9.52. The Morgan fingerprint density at radius 3 is 3.25 bits per heavy atom. The summed E-state index contributed by atoms with van der Waals surface area (Å²) in [4.78, 5) is 4.52. The second kappa shape index (κ2) is 4.18. The fourth-order valence-electron chi connectivity index (χ4n) is 2.82. The molecule has 2 atom stereocenters. The van der Waals surface area contributed by atoms with E-state index in [-0.39, 0.29) is 6.10 Å². The molecule has 3 heterocycles. The minimum absolute atomic E-state index is 0.162. The number of nitrogens with one attached hydrogen (secondary N) is 1. The Morgan fingerprint density at radius 1 is 1.50 bits per heavy atom. The Hall–Kier alpha value is -0.870. The number of rotatable bonds is 2. The van der Waals surface area contributed by atoms with E-state index in [0.29, 0.717) is 0 Å². The third-order valence-electron chi connectivity index (χ3n) is 3.79. The number of imidazole rings is 1. The van der Waals surface area contributed by atoms with Crippen molar-refractivity contribution in [3.63, 3.8) is 0 Å². The normalized spacial score (nSPS) is 29.3. The third-order valence-corrected chi connectivity index (χ3v) is 3.79. The van der Waals surface area contributed by atoms with Crippen LogP contribution in [0.5, 0.6) is 0 Å². The van der Waals surface area contributed by atoms with Crippen molar-refractivity contribution in [2.24, 2.45) is 5.92 Å². The quantitative estimate of drug-likeness (QED) is 0.757. The number of aliphatic hydroxyl groups excluding tert-OH is 1. The predicted octanol–water partition coefficient (Wildman–Crippen LogP) is 0.342. The number of aromatic nitrogens is 2. The van der Waals surface area contributed by atoms with Gasteiger partial charge in [0.15, 0.2) is 0 Å². The molecule has 0 spiro atoms. The van der Waals surface area contributed by atoms with Crippen molar-refractivity contribution >= 4 is 0 Å². The van der Waals surface area contributed by atoms with Crippen LogP contribution in [-0.4, -0.2) is 33.9 Å². The topological polar surface area (TPSA) is 50.1 Å². The fraction of sp³-hybridized carbons (Fsp3) is 0.750. The van der Waals surface area contributed by atoms with Gasteiger partial charge in [-0.15, -0.1) is 0 Å². The molecule has 0 amide bonds. The van der Waals surface area contributed by atoms with Crippen LogP contribution in [0.1, 0.15) is 24.4 Å². The molecule has 2 N–H and O–H groups in total. The lowest BCUT2D eigenvalue weighted by Gasteiger charge is -2.21. The summed E-state index contributed by atoms with van der Waals surface area (Å²) in [6, 6.07) is 0. The maximum Gasteiger partial charge on any atom is 0.109 e. The van der Waals surface area contributed by atoms with Crippen LogP contribution < -0.4 is 5.32 Å². The van der Waals surface area contributed by atoms with E-state index in [9.17, 15) is 5.11 Å². The first kappa shape index (κ1) is 10.3.